The average Bonchev–Trinajstić information content (AvgIpc) is 3.59. The minimum absolute atomic E-state index is 0.227. The van der Waals surface area contributed by atoms with Crippen molar-refractivity contribution in [3.05, 3.63) is 65.7 Å². The summed E-state index contributed by atoms with van der Waals surface area (Å²) in [6.07, 6.45) is 9.88. The Bertz CT molecular complexity index is 1340. The van der Waals surface area contributed by atoms with Crippen LogP contribution in [0.4, 0.5) is 0 Å². The lowest BCUT2D eigenvalue weighted by molar-refractivity contribution is 0.349. The van der Waals surface area contributed by atoms with Crippen molar-refractivity contribution in [1.82, 2.24) is 34.7 Å². The van der Waals surface area contributed by atoms with Crippen LogP contribution in [0.25, 0.3) is 17.0 Å². The summed E-state index contributed by atoms with van der Waals surface area (Å²) in [4.78, 5) is 16.1. The van der Waals surface area contributed by atoms with Gasteiger partial charge in [-0.15, -0.1) is 15.3 Å². The van der Waals surface area contributed by atoms with Gasteiger partial charge in [-0.2, -0.15) is 4.52 Å². The summed E-state index contributed by atoms with van der Waals surface area (Å²) in [5.41, 5.74) is 3.47. The van der Waals surface area contributed by atoms with E-state index in [4.69, 9.17) is 10.1 Å². The van der Waals surface area contributed by atoms with Crippen molar-refractivity contribution in [1.29, 1.82) is 5.41 Å². The van der Waals surface area contributed by atoms with Gasteiger partial charge in [0.1, 0.15) is 0 Å². The Kier molecular flexibility index (Phi) is 7.32. The molecule has 1 fully saturated rings. The van der Waals surface area contributed by atoms with E-state index in [2.05, 4.69) is 35.2 Å². The Morgan fingerprint density at radius 3 is 2.72 bits per heavy atom. The fourth-order valence-electron chi connectivity index (χ4n) is 4.32. The molecule has 3 aromatic heterocycles. The van der Waals surface area contributed by atoms with Gasteiger partial charge < -0.3 is 15.0 Å². The molecule has 10 heteroatoms. The molecule has 4 heterocycles. The highest BCUT2D eigenvalue weighted by molar-refractivity contribution is 5.88. The first kappa shape index (κ1) is 23.7. The minimum atomic E-state index is -0.227. The largest absolute Gasteiger partial charge is 0.480 e. The van der Waals surface area contributed by atoms with Crippen molar-refractivity contribution < 1.29 is 4.74 Å². The molecule has 0 bridgehead atoms. The van der Waals surface area contributed by atoms with Gasteiger partial charge in [-0.3, -0.25) is 4.99 Å². The molecule has 184 valence electrons. The zero-order valence-corrected chi connectivity index (χ0v) is 20.3. The van der Waals surface area contributed by atoms with E-state index in [1.807, 2.05) is 36.5 Å². The Labute approximate surface area is 209 Å². The maximum absolute atomic E-state index is 7.81. The third kappa shape index (κ3) is 5.44. The summed E-state index contributed by atoms with van der Waals surface area (Å²) in [5.74, 6) is 1.62. The molecule has 1 atom stereocenters. The lowest BCUT2D eigenvalue weighted by Crippen LogP contribution is -2.22. The molecule has 10 nitrogen and oxygen atoms in total. The van der Waals surface area contributed by atoms with Crippen molar-refractivity contribution in [3.8, 4) is 17.3 Å². The molecule has 0 radical (unpaired) electrons. The summed E-state index contributed by atoms with van der Waals surface area (Å²) in [7, 11) is 1.58. The third-order valence-electron chi connectivity index (χ3n) is 6.31. The van der Waals surface area contributed by atoms with Crippen LogP contribution in [0.2, 0.25) is 0 Å². The van der Waals surface area contributed by atoms with E-state index >= 15 is 0 Å². The topological polar surface area (TPSA) is 118 Å². The van der Waals surface area contributed by atoms with Crippen LogP contribution in [0, 0.1) is 5.41 Å². The lowest BCUT2D eigenvalue weighted by Gasteiger charge is -2.12. The highest BCUT2D eigenvalue weighted by Gasteiger charge is 2.13. The van der Waals surface area contributed by atoms with Crippen LogP contribution in [0.1, 0.15) is 35.7 Å². The molecular weight excluding hydrogens is 454 g/mol. The number of hydrogen-bond donors (Lipinski definition) is 1. The van der Waals surface area contributed by atoms with Crippen molar-refractivity contribution in [3.63, 3.8) is 0 Å². The number of methoxy groups -OCH3 is 1. The van der Waals surface area contributed by atoms with Crippen LogP contribution >= 0.6 is 0 Å². The first-order chi connectivity index (χ1) is 17.7. The van der Waals surface area contributed by atoms with Crippen molar-refractivity contribution in [2.75, 3.05) is 33.3 Å². The van der Waals surface area contributed by atoms with Crippen LogP contribution in [-0.4, -0.2) is 80.4 Å². The number of ether oxygens (including phenoxy) is 1. The molecule has 36 heavy (non-hydrogen) atoms. The standard InChI is InChI=1S/C26H29N9O/c1-36-25-8-7-23-31-32-24(35(23)33-25)14-19-5-4-6-20(13-19)26-29-17-22(18-30-26)21(15-27)16-28-9-12-34-10-2-3-11-34/h4-8,13,15-18,21,27H,2-3,9-12,14H2,1H3. The van der Waals surface area contributed by atoms with E-state index in [9.17, 15) is 0 Å². The monoisotopic (exact) mass is 483 g/mol. The maximum Gasteiger partial charge on any atom is 0.231 e. The van der Waals surface area contributed by atoms with E-state index in [0.29, 0.717) is 23.8 Å². The van der Waals surface area contributed by atoms with E-state index in [1.165, 1.54) is 32.1 Å². The number of nitrogens with zero attached hydrogens (tertiary/aromatic N) is 8. The van der Waals surface area contributed by atoms with Gasteiger partial charge in [0.25, 0.3) is 0 Å². The van der Waals surface area contributed by atoms with E-state index in [0.717, 1.165) is 35.6 Å². The van der Waals surface area contributed by atoms with Gasteiger partial charge in [0.05, 0.1) is 19.6 Å². The van der Waals surface area contributed by atoms with Gasteiger partial charge in [0.15, 0.2) is 17.3 Å². The molecule has 0 saturated carbocycles. The minimum Gasteiger partial charge on any atom is -0.480 e. The zero-order chi connectivity index (χ0) is 24.7. The van der Waals surface area contributed by atoms with Gasteiger partial charge >= 0.3 is 0 Å². The Hall–Kier alpha value is -4.05. The third-order valence-corrected chi connectivity index (χ3v) is 6.31. The zero-order valence-electron chi connectivity index (χ0n) is 20.3. The number of aromatic nitrogens is 6. The number of nitrogens with one attached hydrogen (secondary N) is 1. The molecule has 0 amide bonds. The second-order valence-electron chi connectivity index (χ2n) is 8.78. The van der Waals surface area contributed by atoms with E-state index in [1.54, 1.807) is 30.1 Å². The molecule has 1 saturated heterocycles. The van der Waals surface area contributed by atoms with Crippen LogP contribution in [0.15, 0.2) is 53.8 Å². The summed E-state index contributed by atoms with van der Waals surface area (Å²) < 4.78 is 6.92. The smallest absolute Gasteiger partial charge is 0.231 e. The number of hydrogen-bond acceptors (Lipinski definition) is 9. The molecule has 1 aliphatic heterocycles. The fraction of sp³-hybridized carbons (Fsp3) is 0.346. The number of rotatable bonds is 10. The second kappa shape index (κ2) is 11.1. The predicted molar refractivity (Wildman–Crippen MR) is 138 cm³/mol. The number of benzene rings is 1. The normalized spacial score (nSPS) is 15.0. The van der Waals surface area contributed by atoms with Gasteiger partial charge in [0, 0.05) is 55.0 Å². The molecule has 1 unspecified atom stereocenters. The molecule has 1 N–H and O–H groups in total. The van der Waals surface area contributed by atoms with Crippen molar-refractivity contribution >= 4 is 18.1 Å². The van der Waals surface area contributed by atoms with E-state index < -0.39 is 0 Å². The first-order valence-corrected chi connectivity index (χ1v) is 12.1. The van der Waals surface area contributed by atoms with Crippen LogP contribution in [0.3, 0.4) is 0 Å². The summed E-state index contributed by atoms with van der Waals surface area (Å²) in [6.45, 7) is 4.06. The summed E-state index contributed by atoms with van der Waals surface area (Å²) >= 11 is 0. The number of likely N-dealkylation sites (tertiary alicyclic amines) is 1. The quantitative estimate of drug-likeness (QED) is 0.344. The maximum atomic E-state index is 7.81. The first-order valence-electron chi connectivity index (χ1n) is 12.1. The summed E-state index contributed by atoms with van der Waals surface area (Å²) in [5, 5.41) is 20.7. The molecule has 1 aliphatic rings. The Morgan fingerprint density at radius 2 is 1.94 bits per heavy atom. The number of aliphatic imine (C=N–C) groups is 1. The molecule has 5 rings (SSSR count). The fourth-order valence-corrected chi connectivity index (χ4v) is 4.32. The van der Waals surface area contributed by atoms with Crippen molar-refractivity contribution in [2.45, 2.75) is 25.2 Å². The van der Waals surface area contributed by atoms with Crippen LogP contribution in [0.5, 0.6) is 5.88 Å². The lowest BCUT2D eigenvalue weighted by atomic mass is 10.0. The SMILES string of the molecule is COc1ccc2nnc(Cc3cccc(-c4ncc(C(C=N)C=NCCN5CCCC5)cn4)c3)n2n1. The highest BCUT2D eigenvalue weighted by Crippen LogP contribution is 2.20. The molecular formula is C26H29N9O. The van der Waals surface area contributed by atoms with Gasteiger partial charge in [-0.05, 0) is 43.6 Å². The van der Waals surface area contributed by atoms with Gasteiger partial charge in [-0.1, -0.05) is 18.2 Å². The van der Waals surface area contributed by atoms with Gasteiger partial charge in [-0.25, -0.2) is 9.97 Å². The highest BCUT2D eigenvalue weighted by atomic mass is 16.5. The average molecular weight is 484 g/mol. The molecule has 4 aromatic rings. The summed E-state index contributed by atoms with van der Waals surface area (Å²) in [6, 6.07) is 11.6. The molecule has 1 aromatic carbocycles. The Balaban J connectivity index is 1.27. The molecule has 0 aliphatic carbocycles. The van der Waals surface area contributed by atoms with Crippen LogP contribution in [-0.2, 0) is 6.42 Å². The number of fused-ring (bicyclic) bond motifs is 1. The second-order valence-corrected chi connectivity index (χ2v) is 8.78. The predicted octanol–water partition coefficient (Wildman–Crippen LogP) is 3.08. The van der Waals surface area contributed by atoms with E-state index in [-0.39, 0.29) is 5.92 Å². The van der Waals surface area contributed by atoms with Crippen LogP contribution < -0.4 is 4.74 Å². The van der Waals surface area contributed by atoms with Crippen molar-refractivity contribution in [2.24, 2.45) is 4.99 Å². The molecule has 0 spiro atoms. The Morgan fingerprint density at radius 1 is 1.11 bits per heavy atom. The van der Waals surface area contributed by atoms with Gasteiger partial charge in [0.2, 0.25) is 5.88 Å².